The van der Waals surface area contributed by atoms with Crippen LogP contribution in [0.4, 0.5) is 8.78 Å². The number of aliphatic carboxylic acids is 1. The molecule has 2 fully saturated rings. The number of aryl methyl sites for hydroxylation is 1. The Kier molecular flexibility index (Phi) is 7.41. The van der Waals surface area contributed by atoms with Gasteiger partial charge in [0.2, 0.25) is 5.91 Å². The van der Waals surface area contributed by atoms with Crippen LogP contribution in [-0.2, 0) is 37.0 Å². The van der Waals surface area contributed by atoms with Gasteiger partial charge in [-0.3, -0.25) is 9.59 Å². The zero-order valence-electron chi connectivity index (χ0n) is 23.1. The molecule has 9 heteroatoms. The van der Waals surface area contributed by atoms with Crippen LogP contribution in [0.5, 0.6) is 0 Å². The monoisotopic (exact) mass is 593 g/mol. The van der Waals surface area contributed by atoms with Gasteiger partial charge >= 0.3 is 5.97 Å². The first-order chi connectivity index (χ1) is 20.1. The number of likely N-dealkylation sites (tertiary alicyclic amines) is 1. The Morgan fingerprint density at radius 2 is 1.43 bits per heavy atom. The average molecular weight is 594 g/mol. The van der Waals surface area contributed by atoms with Crippen molar-refractivity contribution in [2.75, 3.05) is 6.54 Å². The first-order valence-corrected chi connectivity index (χ1v) is 16.0. The number of benzene rings is 3. The number of sulfone groups is 1. The Balaban J connectivity index is 1.38. The Labute approximate surface area is 244 Å². The summed E-state index contributed by atoms with van der Waals surface area (Å²) in [6, 6.07) is 16.4. The van der Waals surface area contributed by atoms with Crippen molar-refractivity contribution in [3.05, 3.63) is 101 Å². The fourth-order valence-electron chi connectivity index (χ4n) is 7.44. The molecule has 0 aromatic heterocycles. The number of hydrogen-bond donors (Lipinski definition) is 1. The molecule has 220 valence electrons. The zero-order chi connectivity index (χ0) is 29.6. The van der Waals surface area contributed by atoms with Crippen LogP contribution in [-0.4, -0.2) is 42.9 Å². The third kappa shape index (κ3) is 4.81. The van der Waals surface area contributed by atoms with E-state index in [1.54, 1.807) is 17.0 Å². The van der Waals surface area contributed by atoms with E-state index in [1.807, 2.05) is 18.2 Å². The summed E-state index contributed by atoms with van der Waals surface area (Å²) in [6.07, 6.45) is 3.65. The van der Waals surface area contributed by atoms with Gasteiger partial charge in [-0.1, -0.05) is 30.3 Å². The van der Waals surface area contributed by atoms with Crippen LogP contribution >= 0.6 is 0 Å². The van der Waals surface area contributed by atoms with Gasteiger partial charge in [0.25, 0.3) is 0 Å². The van der Waals surface area contributed by atoms with Crippen LogP contribution in [0.25, 0.3) is 0 Å². The maximum absolute atomic E-state index is 14.6. The zero-order valence-corrected chi connectivity index (χ0v) is 24.0. The highest BCUT2D eigenvalue weighted by Gasteiger charge is 2.61. The van der Waals surface area contributed by atoms with E-state index in [4.69, 9.17) is 0 Å². The first kappa shape index (κ1) is 28.5. The molecular formula is C33H33F2NO5S. The molecular weight excluding hydrogens is 560 g/mol. The lowest BCUT2D eigenvalue weighted by molar-refractivity contribution is -0.146. The smallest absolute Gasteiger partial charge is 0.306 e. The molecule has 1 aliphatic heterocycles. The third-order valence-corrected chi connectivity index (χ3v) is 12.1. The molecule has 1 heterocycles. The predicted molar refractivity (Wildman–Crippen MR) is 152 cm³/mol. The molecule has 3 aromatic rings. The maximum atomic E-state index is 14.6. The Morgan fingerprint density at radius 3 is 2.07 bits per heavy atom. The van der Waals surface area contributed by atoms with Gasteiger partial charge in [0.15, 0.2) is 9.84 Å². The molecule has 6 rings (SSSR count). The lowest BCUT2D eigenvalue weighted by Crippen LogP contribution is -2.53. The molecule has 0 spiro atoms. The van der Waals surface area contributed by atoms with E-state index in [-0.39, 0.29) is 35.5 Å². The van der Waals surface area contributed by atoms with E-state index >= 15 is 0 Å². The summed E-state index contributed by atoms with van der Waals surface area (Å²) in [5.74, 6) is -2.55. The van der Waals surface area contributed by atoms with Crippen LogP contribution in [0.2, 0.25) is 0 Å². The standard InChI is InChI=1S/C33H33F2NO5S/c34-26-9-1-21(2-10-26)19-22-3-15-29-25(20-22)8-16-30-33(29,42(40,41)28-13-11-27(35)12-14-28)17-18-36(30)31(37)23-4-6-24(7-5-23)32(38)39/h1-3,9-15,20,23-24,30H,4-8,16-19H2,(H,38,39)/t23?,24?,30-,33-/m1/s1. The van der Waals surface area contributed by atoms with E-state index in [0.717, 1.165) is 28.8 Å². The van der Waals surface area contributed by atoms with Gasteiger partial charge in [-0.05, 0) is 110 Å². The van der Waals surface area contributed by atoms with E-state index in [9.17, 15) is 31.9 Å². The number of carboxylic acid groups (broad SMARTS) is 1. The predicted octanol–water partition coefficient (Wildman–Crippen LogP) is 5.66. The van der Waals surface area contributed by atoms with Crippen molar-refractivity contribution in [2.45, 2.75) is 67.1 Å². The van der Waals surface area contributed by atoms with Crippen LogP contribution in [0, 0.1) is 23.5 Å². The number of hydrogen-bond acceptors (Lipinski definition) is 4. The number of rotatable bonds is 6. The Bertz CT molecular complexity index is 1620. The number of nitrogens with zero attached hydrogens (tertiary/aromatic N) is 1. The van der Waals surface area contributed by atoms with E-state index in [0.29, 0.717) is 50.5 Å². The Hall–Kier alpha value is -3.59. The second-order valence-corrected chi connectivity index (χ2v) is 14.1. The summed E-state index contributed by atoms with van der Waals surface area (Å²) in [7, 11) is -4.06. The normalized spacial score (nSPS) is 25.5. The maximum Gasteiger partial charge on any atom is 0.306 e. The minimum atomic E-state index is -4.06. The molecule has 42 heavy (non-hydrogen) atoms. The second-order valence-electron chi connectivity index (χ2n) is 11.9. The van der Waals surface area contributed by atoms with E-state index in [1.165, 1.54) is 24.3 Å². The van der Waals surface area contributed by atoms with Crippen molar-refractivity contribution in [2.24, 2.45) is 11.8 Å². The van der Waals surface area contributed by atoms with Gasteiger partial charge in [0.1, 0.15) is 16.4 Å². The summed E-state index contributed by atoms with van der Waals surface area (Å²) in [6.45, 7) is 0.277. The summed E-state index contributed by atoms with van der Waals surface area (Å²) in [5.41, 5.74) is 3.51. The Morgan fingerprint density at radius 1 is 0.833 bits per heavy atom. The van der Waals surface area contributed by atoms with Crippen LogP contribution < -0.4 is 0 Å². The van der Waals surface area contributed by atoms with Gasteiger partial charge in [-0.15, -0.1) is 0 Å². The van der Waals surface area contributed by atoms with Crippen molar-refractivity contribution in [1.82, 2.24) is 4.90 Å². The van der Waals surface area contributed by atoms with Crippen molar-refractivity contribution < 1.29 is 31.9 Å². The van der Waals surface area contributed by atoms with Crippen molar-refractivity contribution in [3.8, 4) is 0 Å². The molecule has 1 saturated carbocycles. The number of carboxylic acids is 1. The van der Waals surface area contributed by atoms with Gasteiger partial charge in [0.05, 0.1) is 16.9 Å². The van der Waals surface area contributed by atoms with Crippen LogP contribution in [0.15, 0.2) is 71.6 Å². The molecule has 6 nitrogen and oxygen atoms in total. The quantitative estimate of drug-likeness (QED) is 0.373. The first-order valence-electron chi connectivity index (χ1n) is 14.5. The van der Waals surface area contributed by atoms with Gasteiger partial charge < -0.3 is 10.0 Å². The average Bonchev–Trinajstić information content (AvgIpc) is 3.40. The number of carbonyl (C=O) groups excluding carboxylic acids is 1. The fourth-order valence-corrected chi connectivity index (χ4v) is 9.81. The summed E-state index contributed by atoms with van der Waals surface area (Å²) in [4.78, 5) is 27.1. The lowest BCUT2D eigenvalue weighted by Gasteiger charge is -2.43. The van der Waals surface area contributed by atoms with Gasteiger partial charge in [0, 0.05) is 12.5 Å². The van der Waals surface area contributed by atoms with E-state index in [2.05, 4.69) is 0 Å². The van der Waals surface area contributed by atoms with Crippen LogP contribution in [0.1, 0.15) is 60.8 Å². The molecule has 2 atom stereocenters. The number of halogens is 2. The molecule has 0 bridgehead atoms. The second kappa shape index (κ2) is 10.9. The summed E-state index contributed by atoms with van der Waals surface area (Å²) >= 11 is 0. The van der Waals surface area contributed by atoms with Crippen molar-refractivity contribution in [1.29, 1.82) is 0 Å². The highest BCUT2D eigenvalue weighted by atomic mass is 32.2. The topological polar surface area (TPSA) is 91.8 Å². The number of amides is 1. The van der Waals surface area contributed by atoms with Crippen LogP contribution in [0.3, 0.4) is 0 Å². The molecule has 0 unspecified atom stereocenters. The molecule has 2 aliphatic carbocycles. The molecule has 1 N–H and O–H groups in total. The SMILES string of the molecule is O=C(O)C1CCC(C(=O)N2CC[C@@]3(S(=O)(=O)c4ccc(F)cc4)c4ccc(Cc5ccc(F)cc5)cc4CC[C@@H]23)CC1. The fraction of sp³-hybridized carbons (Fsp3) is 0.394. The summed E-state index contributed by atoms with van der Waals surface area (Å²) in [5, 5.41) is 9.38. The van der Waals surface area contributed by atoms with Gasteiger partial charge in [-0.2, -0.15) is 0 Å². The molecule has 3 aromatic carbocycles. The third-order valence-electron chi connectivity index (χ3n) is 9.58. The van der Waals surface area contributed by atoms with E-state index < -0.39 is 38.3 Å². The summed E-state index contributed by atoms with van der Waals surface area (Å²) < 4.78 is 55.0. The van der Waals surface area contributed by atoms with Gasteiger partial charge in [-0.25, -0.2) is 17.2 Å². The molecule has 1 saturated heterocycles. The highest BCUT2D eigenvalue weighted by Crippen LogP contribution is 2.53. The largest absolute Gasteiger partial charge is 0.481 e. The minimum absolute atomic E-state index is 0.0217. The molecule has 0 radical (unpaired) electrons. The highest BCUT2D eigenvalue weighted by molar-refractivity contribution is 7.92. The van der Waals surface area contributed by atoms with Crippen molar-refractivity contribution in [3.63, 3.8) is 0 Å². The van der Waals surface area contributed by atoms with Crippen molar-refractivity contribution >= 4 is 21.7 Å². The lowest BCUT2D eigenvalue weighted by atomic mass is 9.77. The minimum Gasteiger partial charge on any atom is -0.481 e. The number of carbonyl (C=O) groups is 2. The molecule has 1 amide bonds. The number of fused-ring (bicyclic) bond motifs is 3. The molecule has 3 aliphatic rings.